The molecule has 1 saturated heterocycles. The lowest BCUT2D eigenvalue weighted by molar-refractivity contribution is 0.211. The van der Waals surface area contributed by atoms with E-state index in [0.717, 1.165) is 42.8 Å². The molecule has 0 bridgehead atoms. The van der Waals surface area contributed by atoms with Gasteiger partial charge in [0.25, 0.3) is 0 Å². The number of pyridine rings is 1. The molecule has 4 nitrogen and oxygen atoms in total. The number of benzene rings is 1. The molecule has 2 aromatic rings. The minimum Gasteiger partial charge on any atom is -0.367 e. The van der Waals surface area contributed by atoms with Crippen molar-refractivity contribution in [3.63, 3.8) is 0 Å². The first kappa shape index (κ1) is 16.0. The third-order valence-electron chi connectivity index (χ3n) is 4.15. The Labute approximate surface area is 145 Å². The average Bonchev–Trinajstić information content (AvgIpc) is 2.59. The molecular weight excluding hydrogens is 352 g/mol. The van der Waals surface area contributed by atoms with Gasteiger partial charge in [0.05, 0.1) is 5.56 Å². The van der Waals surface area contributed by atoms with Crippen molar-refractivity contribution >= 4 is 21.7 Å². The van der Waals surface area contributed by atoms with Crippen molar-refractivity contribution in [2.24, 2.45) is 0 Å². The standard InChI is InChI=1S/C18H19BrN4/c19-16-4-1-14(2-5-16)13-23-9-7-17(8-10-23)22-18-6-3-15(11-20)12-21-18/h1-6,12,17H,7-10,13H2,(H,21,22). The molecule has 1 aliphatic heterocycles. The van der Waals surface area contributed by atoms with E-state index in [9.17, 15) is 0 Å². The van der Waals surface area contributed by atoms with Gasteiger partial charge in [0.2, 0.25) is 0 Å². The predicted molar refractivity (Wildman–Crippen MR) is 95.0 cm³/mol. The highest BCUT2D eigenvalue weighted by Gasteiger charge is 2.19. The first-order valence-electron chi connectivity index (χ1n) is 7.82. The van der Waals surface area contributed by atoms with Gasteiger partial charge in [-0.15, -0.1) is 0 Å². The largest absolute Gasteiger partial charge is 0.367 e. The molecule has 0 saturated carbocycles. The van der Waals surface area contributed by atoms with E-state index in [4.69, 9.17) is 5.26 Å². The Kier molecular flexibility index (Phi) is 5.27. The van der Waals surface area contributed by atoms with Crippen molar-refractivity contribution in [3.05, 3.63) is 58.2 Å². The number of anilines is 1. The molecule has 0 atom stereocenters. The van der Waals surface area contributed by atoms with Crippen LogP contribution in [0.5, 0.6) is 0 Å². The minimum absolute atomic E-state index is 0.455. The number of nitriles is 1. The van der Waals surface area contributed by atoms with Crippen molar-refractivity contribution in [3.8, 4) is 6.07 Å². The van der Waals surface area contributed by atoms with Crippen LogP contribution in [0.1, 0.15) is 24.0 Å². The third kappa shape index (κ3) is 4.54. The highest BCUT2D eigenvalue weighted by atomic mass is 79.9. The van der Waals surface area contributed by atoms with Crippen molar-refractivity contribution < 1.29 is 0 Å². The molecule has 1 aromatic heterocycles. The van der Waals surface area contributed by atoms with Crippen LogP contribution in [0, 0.1) is 11.3 Å². The number of rotatable bonds is 4. The van der Waals surface area contributed by atoms with Crippen LogP contribution in [0.3, 0.4) is 0 Å². The first-order valence-corrected chi connectivity index (χ1v) is 8.62. The number of hydrogen-bond acceptors (Lipinski definition) is 4. The van der Waals surface area contributed by atoms with E-state index in [1.807, 2.05) is 6.07 Å². The van der Waals surface area contributed by atoms with Gasteiger partial charge in [-0.25, -0.2) is 4.98 Å². The van der Waals surface area contributed by atoms with E-state index in [2.05, 4.69) is 61.5 Å². The number of nitrogens with zero attached hydrogens (tertiary/aromatic N) is 3. The summed E-state index contributed by atoms with van der Waals surface area (Å²) in [5, 5.41) is 12.3. The van der Waals surface area contributed by atoms with Crippen LogP contribution in [0.15, 0.2) is 47.1 Å². The fourth-order valence-corrected chi connectivity index (χ4v) is 3.10. The zero-order valence-corrected chi connectivity index (χ0v) is 14.5. The second kappa shape index (κ2) is 7.58. The molecule has 0 radical (unpaired) electrons. The molecule has 3 rings (SSSR count). The molecule has 0 spiro atoms. The Morgan fingerprint density at radius 2 is 1.91 bits per heavy atom. The molecule has 0 unspecified atom stereocenters. The van der Waals surface area contributed by atoms with Crippen LogP contribution >= 0.6 is 15.9 Å². The molecule has 1 aliphatic rings. The summed E-state index contributed by atoms with van der Waals surface area (Å²) in [7, 11) is 0. The van der Waals surface area contributed by atoms with Crippen LogP contribution < -0.4 is 5.32 Å². The fourth-order valence-electron chi connectivity index (χ4n) is 2.84. The number of halogens is 1. The van der Waals surface area contributed by atoms with Crippen LogP contribution in [0.2, 0.25) is 0 Å². The normalized spacial score (nSPS) is 16.0. The fraction of sp³-hybridized carbons (Fsp3) is 0.333. The summed E-state index contributed by atoms with van der Waals surface area (Å²) in [4.78, 5) is 6.78. The summed E-state index contributed by atoms with van der Waals surface area (Å²) >= 11 is 3.47. The van der Waals surface area contributed by atoms with Crippen molar-refractivity contribution in [2.45, 2.75) is 25.4 Å². The smallest absolute Gasteiger partial charge is 0.126 e. The maximum atomic E-state index is 8.80. The summed E-state index contributed by atoms with van der Waals surface area (Å²) in [6.45, 7) is 3.18. The Balaban J connectivity index is 1.48. The van der Waals surface area contributed by atoms with Gasteiger partial charge in [-0.3, -0.25) is 4.90 Å². The quantitative estimate of drug-likeness (QED) is 0.889. The lowest BCUT2D eigenvalue weighted by Gasteiger charge is -2.32. The van der Waals surface area contributed by atoms with Gasteiger partial charge in [-0.1, -0.05) is 28.1 Å². The van der Waals surface area contributed by atoms with Crippen molar-refractivity contribution in [2.75, 3.05) is 18.4 Å². The van der Waals surface area contributed by atoms with Gasteiger partial charge in [-0.05, 0) is 42.7 Å². The Hall–Kier alpha value is -1.90. The van der Waals surface area contributed by atoms with Crippen molar-refractivity contribution in [1.29, 1.82) is 5.26 Å². The predicted octanol–water partition coefficient (Wildman–Crippen LogP) is 3.79. The van der Waals surface area contributed by atoms with Crippen LogP contribution in [0.25, 0.3) is 0 Å². The van der Waals surface area contributed by atoms with Crippen molar-refractivity contribution in [1.82, 2.24) is 9.88 Å². The van der Waals surface area contributed by atoms with Gasteiger partial charge < -0.3 is 5.32 Å². The van der Waals surface area contributed by atoms with E-state index in [0.29, 0.717) is 11.6 Å². The van der Waals surface area contributed by atoms with Gasteiger partial charge in [0.15, 0.2) is 0 Å². The summed E-state index contributed by atoms with van der Waals surface area (Å²) in [5.41, 5.74) is 1.95. The zero-order valence-electron chi connectivity index (χ0n) is 12.9. The highest BCUT2D eigenvalue weighted by molar-refractivity contribution is 9.10. The second-order valence-corrected chi connectivity index (χ2v) is 6.78. The average molecular weight is 371 g/mol. The SMILES string of the molecule is N#Cc1ccc(NC2CCN(Cc3ccc(Br)cc3)CC2)nc1. The molecule has 0 aliphatic carbocycles. The maximum absolute atomic E-state index is 8.80. The monoisotopic (exact) mass is 370 g/mol. The third-order valence-corrected chi connectivity index (χ3v) is 4.68. The van der Waals surface area contributed by atoms with Gasteiger partial charge in [0.1, 0.15) is 11.9 Å². The summed E-state index contributed by atoms with van der Waals surface area (Å²) in [5.74, 6) is 0.857. The molecule has 118 valence electrons. The highest BCUT2D eigenvalue weighted by Crippen LogP contribution is 2.18. The molecule has 23 heavy (non-hydrogen) atoms. The molecular formula is C18H19BrN4. The van der Waals surface area contributed by atoms with Crippen LogP contribution in [-0.2, 0) is 6.54 Å². The summed E-state index contributed by atoms with van der Waals surface area (Å²) in [6.07, 6.45) is 3.83. The van der Waals surface area contributed by atoms with Crippen LogP contribution in [0.4, 0.5) is 5.82 Å². The second-order valence-electron chi connectivity index (χ2n) is 5.87. The Morgan fingerprint density at radius 3 is 2.52 bits per heavy atom. The van der Waals surface area contributed by atoms with E-state index >= 15 is 0 Å². The number of likely N-dealkylation sites (tertiary alicyclic amines) is 1. The van der Waals surface area contributed by atoms with Crippen LogP contribution in [-0.4, -0.2) is 29.0 Å². The lowest BCUT2D eigenvalue weighted by Crippen LogP contribution is -2.38. The van der Waals surface area contributed by atoms with Gasteiger partial charge in [-0.2, -0.15) is 5.26 Å². The topological polar surface area (TPSA) is 52.0 Å². The van der Waals surface area contributed by atoms with E-state index in [1.165, 1.54) is 5.56 Å². The molecule has 0 amide bonds. The molecule has 1 N–H and O–H groups in total. The number of aromatic nitrogens is 1. The zero-order chi connectivity index (χ0) is 16.1. The number of hydrogen-bond donors (Lipinski definition) is 1. The molecule has 2 heterocycles. The molecule has 5 heteroatoms. The Morgan fingerprint density at radius 1 is 1.17 bits per heavy atom. The minimum atomic E-state index is 0.455. The lowest BCUT2D eigenvalue weighted by atomic mass is 10.0. The van der Waals surface area contributed by atoms with Gasteiger partial charge >= 0.3 is 0 Å². The summed E-state index contributed by atoms with van der Waals surface area (Å²) < 4.78 is 1.12. The van der Waals surface area contributed by atoms with E-state index < -0.39 is 0 Å². The van der Waals surface area contributed by atoms with Gasteiger partial charge in [0, 0.05) is 36.3 Å². The molecule has 1 fully saturated rings. The number of piperidine rings is 1. The Bertz CT molecular complexity index is 668. The first-order chi connectivity index (χ1) is 11.2. The maximum Gasteiger partial charge on any atom is 0.126 e. The molecule has 1 aromatic carbocycles. The van der Waals surface area contributed by atoms with E-state index in [-0.39, 0.29) is 0 Å². The summed E-state index contributed by atoms with van der Waals surface area (Å²) in [6, 6.07) is 14.8. The number of nitrogens with one attached hydrogen (secondary N) is 1. The van der Waals surface area contributed by atoms with E-state index in [1.54, 1.807) is 12.3 Å².